The first-order valence-electron chi connectivity index (χ1n) is 4.61. The van der Waals surface area contributed by atoms with Crippen LogP contribution >= 0.6 is 34.8 Å². The Hall–Kier alpha value is -1.43. The lowest BCUT2D eigenvalue weighted by Gasteiger charge is -2.03. The molecular formula is C10H4Cl3N3O2. The second kappa shape index (κ2) is 5.06. The molecule has 18 heavy (non-hydrogen) atoms. The predicted octanol–water partition coefficient (Wildman–Crippen LogP) is 4.01. The number of aromatic nitrogens is 2. The fraction of sp³-hybridized carbons (Fsp3) is 0. The summed E-state index contributed by atoms with van der Waals surface area (Å²) in [7, 11) is 0. The van der Waals surface area contributed by atoms with Gasteiger partial charge in [0.25, 0.3) is 0 Å². The summed E-state index contributed by atoms with van der Waals surface area (Å²) in [4.78, 5) is 17.7. The molecule has 2 rings (SSSR count). The number of benzene rings is 1. The van der Waals surface area contributed by atoms with Crippen molar-refractivity contribution in [3.05, 3.63) is 49.8 Å². The zero-order chi connectivity index (χ0) is 13.3. The van der Waals surface area contributed by atoms with Crippen molar-refractivity contribution in [3.8, 4) is 11.3 Å². The van der Waals surface area contributed by atoms with E-state index in [2.05, 4.69) is 9.97 Å². The Balaban J connectivity index is 2.68. The molecule has 0 saturated carbocycles. The third-order valence-corrected chi connectivity index (χ3v) is 2.69. The maximum absolute atomic E-state index is 10.9. The molecule has 0 amide bonds. The SMILES string of the molecule is O=[N+]([O-])c1cnc(Cl)nc1-c1cc(Cl)cc(Cl)c1. The molecule has 2 aromatic rings. The van der Waals surface area contributed by atoms with E-state index in [4.69, 9.17) is 34.8 Å². The first-order chi connectivity index (χ1) is 8.47. The van der Waals surface area contributed by atoms with Crippen molar-refractivity contribution in [3.63, 3.8) is 0 Å². The summed E-state index contributed by atoms with van der Waals surface area (Å²) in [5, 5.41) is 11.5. The van der Waals surface area contributed by atoms with E-state index in [-0.39, 0.29) is 16.7 Å². The monoisotopic (exact) mass is 303 g/mol. The van der Waals surface area contributed by atoms with Crippen molar-refractivity contribution in [1.29, 1.82) is 0 Å². The molecule has 5 nitrogen and oxygen atoms in total. The third-order valence-electron chi connectivity index (χ3n) is 2.07. The molecule has 0 aliphatic carbocycles. The van der Waals surface area contributed by atoms with E-state index in [1.165, 1.54) is 18.2 Å². The van der Waals surface area contributed by atoms with Gasteiger partial charge in [-0.1, -0.05) is 23.2 Å². The summed E-state index contributed by atoms with van der Waals surface area (Å²) < 4.78 is 0. The van der Waals surface area contributed by atoms with E-state index in [1.807, 2.05) is 0 Å². The lowest BCUT2D eigenvalue weighted by atomic mass is 10.1. The Kier molecular flexibility index (Phi) is 3.65. The van der Waals surface area contributed by atoms with Gasteiger partial charge >= 0.3 is 5.69 Å². The fourth-order valence-electron chi connectivity index (χ4n) is 1.39. The minimum absolute atomic E-state index is 0.0735. The molecule has 92 valence electrons. The first-order valence-corrected chi connectivity index (χ1v) is 5.74. The molecule has 0 aliphatic rings. The van der Waals surface area contributed by atoms with Crippen molar-refractivity contribution < 1.29 is 4.92 Å². The standard InChI is InChI=1S/C10H4Cl3N3O2/c11-6-1-5(2-7(12)3-6)9-8(16(17)18)4-14-10(13)15-9/h1-4H. The summed E-state index contributed by atoms with van der Waals surface area (Å²) in [6, 6.07) is 4.54. The van der Waals surface area contributed by atoms with Crippen LogP contribution in [0.1, 0.15) is 0 Å². The molecule has 0 atom stereocenters. The van der Waals surface area contributed by atoms with Gasteiger partial charge in [-0.15, -0.1) is 0 Å². The maximum atomic E-state index is 10.9. The van der Waals surface area contributed by atoms with Crippen molar-refractivity contribution >= 4 is 40.5 Å². The lowest BCUT2D eigenvalue weighted by molar-refractivity contribution is -0.384. The van der Waals surface area contributed by atoms with Gasteiger partial charge < -0.3 is 0 Å². The largest absolute Gasteiger partial charge is 0.313 e. The topological polar surface area (TPSA) is 68.9 Å². The number of hydrogen-bond acceptors (Lipinski definition) is 4. The molecule has 0 aliphatic heterocycles. The molecular weight excluding hydrogens is 300 g/mol. The average molecular weight is 305 g/mol. The van der Waals surface area contributed by atoms with Crippen molar-refractivity contribution in [2.75, 3.05) is 0 Å². The molecule has 1 aromatic carbocycles. The van der Waals surface area contributed by atoms with Gasteiger partial charge in [0.05, 0.1) is 4.92 Å². The average Bonchev–Trinajstić information content (AvgIpc) is 2.27. The Morgan fingerprint density at radius 3 is 2.28 bits per heavy atom. The Bertz CT molecular complexity index is 614. The minimum Gasteiger partial charge on any atom is -0.258 e. The van der Waals surface area contributed by atoms with Crippen LogP contribution in [0.5, 0.6) is 0 Å². The summed E-state index contributed by atoms with van der Waals surface area (Å²) >= 11 is 17.3. The van der Waals surface area contributed by atoms with Crippen molar-refractivity contribution in [2.45, 2.75) is 0 Å². The highest BCUT2D eigenvalue weighted by Crippen LogP contribution is 2.32. The van der Waals surface area contributed by atoms with E-state index in [0.29, 0.717) is 15.6 Å². The minimum atomic E-state index is -0.597. The number of hydrogen-bond donors (Lipinski definition) is 0. The van der Waals surface area contributed by atoms with Gasteiger partial charge in [-0.05, 0) is 29.8 Å². The molecule has 0 bridgehead atoms. The van der Waals surface area contributed by atoms with E-state index < -0.39 is 4.92 Å². The van der Waals surface area contributed by atoms with Crippen molar-refractivity contribution in [1.82, 2.24) is 9.97 Å². The Morgan fingerprint density at radius 2 is 1.72 bits per heavy atom. The third kappa shape index (κ3) is 2.69. The van der Waals surface area contributed by atoms with Gasteiger partial charge in [0.2, 0.25) is 5.28 Å². The maximum Gasteiger partial charge on any atom is 0.313 e. The number of rotatable bonds is 2. The lowest BCUT2D eigenvalue weighted by Crippen LogP contribution is -1.97. The van der Waals surface area contributed by atoms with E-state index in [9.17, 15) is 10.1 Å². The zero-order valence-corrected chi connectivity index (χ0v) is 10.9. The zero-order valence-electron chi connectivity index (χ0n) is 8.60. The normalized spacial score (nSPS) is 10.4. The van der Waals surface area contributed by atoms with Gasteiger partial charge in [0.1, 0.15) is 6.20 Å². The van der Waals surface area contributed by atoms with Gasteiger partial charge in [-0.25, -0.2) is 9.97 Å². The van der Waals surface area contributed by atoms with Crippen LogP contribution in [0.2, 0.25) is 15.3 Å². The van der Waals surface area contributed by atoms with Gasteiger partial charge in [0, 0.05) is 15.6 Å². The second-order valence-corrected chi connectivity index (χ2v) is 4.50. The van der Waals surface area contributed by atoms with E-state index in [1.54, 1.807) is 0 Å². The summed E-state index contributed by atoms with van der Waals surface area (Å²) in [6.07, 6.45) is 1.04. The van der Waals surface area contributed by atoms with E-state index >= 15 is 0 Å². The van der Waals surface area contributed by atoms with Crippen LogP contribution in [0.25, 0.3) is 11.3 Å². The number of nitro groups is 1. The van der Waals surface area contributed by atoms with Gasteiger partial charge in [-0.3, -0.25) is 10.1 Å². The molecule has 0 unspecified atom stereocenters. The number of halogens is 3. The van der Waals surface area contributed by atoms with Crippen LogP contribution in [-0.2, 0) is 0 Å². The molecule has 0 spiro atoms. The van der Waals surface area contributed by atoms with Gasteiger partial charge in [0.15, 0.2) is 5.69 Å². The van der Waals surface area contributed by atoms with Gasteiger partial charge in [-0.2, -0.15) is 0 Å². The quantitative estimate of drug-likeness (QED) is 0.477. The summed E-state index contributed by atoms with van der Waals surface area (Å²) in [5.41, 5.74) is 0.214. The highest BCUT2D eigenvalue weighted by molar-refractivity contribution is 6.35. The summed E-state index contributed by atoms with van der Waals surface area (Å²) in [6.45, 7) is 0. The fourth-order valence-corrected chi connectivity index (χ4v) is 2.05. The van der Waals surface area contributed by atoms with E-state index in [0.717, 1.165) is 6.20 Å². The molecule has 1 aromatic heterocycles. The molecule has 1 heterocycles. The second-order valence-electron chi connectivity index (χ2n) is 3.29. The molecule has 0 saturated heterocycles. The predicted molar refractivity (Wildman–Crippen MR) is 69.2 cm³/mol. The molecule has 0 fully saturated rings. The molecule has 8 heteroatoms. The van der Waals surface area contributed by atoms with Crippen LogP contribution in [0.15, 0.2) is 24.4 Å². The van der Waals surface area contributed by atoms with Crippen LogP contribution in [0, 0.1) is 10.1 Å². The van der Waals surface area contributed by atoms with Crippen LogP contribution in [-0.4, -0.2) is 14.9 Å². The highest BCUT2D eigenvalue weighted by atomic mass is 35.5. The number of nitrogens with zero attached hydrogens (tertiary/aromatic N) is 3. The Labute approximate surface area is 116 Å². The van der Waals surface area contributed by atoms with Crippen LogP contribution < -0.4 is 0 Å². The smallest absolute Gasteiger partial charge is 0.258 e. The highest BCUT2D eigenvalue weighted by Gasteiger charge is 2.19. The van der Waals surface area contributed by atoms with Crippen molar-refractivity contribution in [2.24, 2.45) is 0 Å². The first kappa shape index (κ1) is 13.0. The molecule has 0 N–H and O–H groups in total. The molecule has 0 radical (unpaired) electrons. The summed E-state index contributed by atoms with van der Waals surface area (Å²) in [5.74, 6) is 0. The van der Waals surface area contributed by atoms with Crippen LogP contribution in [0.3, 0.4) is 0 Å². The van der Waals surface area contributed by atoms with Crippen LogP contribution in [0.4, 0.5) is 5.69 Å². The Morgan fingerprint density at radius 1 is 1.11 bits per heavy atom.